The van der Waals surface area contributed by atoms with Gasteiger partial charge in [0, 0.05) is 71.0 Å². The van der Waals surface area contributed by atoms with Gasteiger partial charge in [-0.05, 0) is 43.9 Å². The second kappa shape index (κ2) is 10.8. The van der Waals surface area contributed by atoms with Crippen LogP contribution in [0.5, 0.6) is 5.75 Å². The van der Waals surface area contributed by atoms with Gasteiger partial charge in [0.2, 0.25) is 5.91 Å². The molecule has 0 bridgehead atoms. The highest BCUT2D eigenvalue weighted by atomic mass is 16.5. The van der Waals surface area contributed by atoms with Gasteiger partial charge in [-0.2, -0.15) is 0 Å². The van der Waals surface area contributed by atoms with Crippen LogP contribution in [0.25, 0.3) is 0 Å². The number of carbonyl (C=O) groups excluding carboxylic acids is 2. The monoisotopic (exact) mass is 417 g/mol. The fourth-order valence-electron chi connectivity index (χ4n) is 4.54. The predicted octanol–water partition coefficient (Wildman–Crippen LogP) is 2.26. The Morgan fingerprint density at radius 2 is 1.93 bits per heavy atom. The van der Waals surface area contributed by atoms with Gasteiger partial charge >= 0.3 is 0 Å². The van der Waals surface area contributed by atoms with Crippen molar-refractivity contribution in [2.45, 2.75) is 44.7 Å². The van der Waals surface area contributed by atoms with E-state index in [1.165, 1.54) is 0 Å². The molecule has 1 aromatic rings. The minimum Gasteiger partial charge on any atom is -0.497 e. The van der Waals surface area contributed by atoms with Gasteiger partial charge in [0.15, 0.2) is 0 Å². The summed E-state index contributed by atoms with van der Waals surface area (Å²) in [4.78, 5) is 31.1. The van der Waals surface area contributed by atoms with E-state index in [0.29, 0.717) is 29.9 Å². The van der Waals surface area contributed by atoms with Crippen molar-refractivity contribution in [1.29, 1.82) is 0 Å². The minimum absolute atomic E-state index is 0.00478. The summed E-state index contributed by atoms with van der Waals surface area (Å²) >= 11 is 0. The number of benzene rings is 1. The van der Waals surface area contributed by atoms with Crippen LogP contribution in [-0.4, -0.2) is 92.1 Å². The van der Waals surface area contributed by atoms with Crippen molar-refractivity contribution in [2.24, 2.45) is 0 Å². The Kier molecular flexibility index (Phi) is 8.10. The fourth-order valence-corrected chi connectivity index (χ4v) is 4.54. The standard InChI is InChI=1S/C23H35N3O4/c1-18(27)25-11-5-7-21(17-25)26(20-9-14-30-15-10-20)13-12-24(2)23(28)19-6-4-8-22(16-19)29-3/h4,6,8,16,20-21H,5,7,9-15,17H2,1-3H3. The molecule has 2 heterocycles. The van der Waals surface area contributed by atoms with Gasteiger partial charge in [-0.3, -0.25) is 14.5 Å². The van der Waals surface area contributed by atoms with E-state index in [1.807, 2.05) is 30.1 Å². The molecule has 1 aromatic carbocycles. The first-order chi connectivity index (χ1) is 14.5. The molecule has 0 radical (unpaired) electrons. The summed E-state index contributed by atoms with van der Waals surface area (Å²) in [7, 11) is 3.46. The number of nitrogens with zero attached hydrogens (tertiary/aromatic N) is 3. The van der Waals surface area contributed by atoms with Gasteiger partial charge in [0.1, 0.15) is 5.75 Å². The number of likely N-dealkylation sites (N-methyl/N-ethyl adjacent to an activating group) is 1. The molecule has 2 aliphatic rings. The van der Waals surface area contributed by atoms with Gasteiger partial charge in [-0.25, -0.2) is 0 Å². The summed E-state index contributed by atoms with van der Waals surface area (Å²) in [6.45, 7) is 6.28. The van der Waals surface area contributed by atoms with E-state index in [4.69, 9.17) is 9.47 Å². The number of methoxy groups -OCH3 is 1. The number of likely N-dealkylation sites (tertiary alicyclic amines) is 1. The molecule has 166 valence electrons. The molecule has 1 unspecified atom stereocenters. The zero-order valence-corrected chi connectivity index (χ0v) is 18.5. The lowest BCUT2D eigenvalue weighted by Gasteiger charge is -2.44. The zero-order valence-electron chi connectivity index (χ0n) is 18.5. The highest BCUT2D eigenvalue weighted by molar-refractivity contribution is 5.94. The molecule has 2 fully saturated rings. The maximum Gasteiger partial charge on any atom is 0.253 e. The second-order valence-corrected chi connectivity index (χ2v) is 8.30. The van der Waals surface area contributed by atoms with Crippen LogP contribution < -0.4 is 4.74 Å². The van der Waals surface area contributed by atoms with Gasteiger partial charge in [0.25, 0.3) is 5.91 Å². The molecule has 0 aromatic heterocycles. The molecule has 0 N–H and O–H groups in total. The molecule has 0 spiro atoms. The third kappa shape index (κ3) is 5.73. The first kappa shape index (κ1) is 22.6. The number of amides is 2. The first-order valence-electron chi connectivity index (χ1n) is 11.0. The van der Waals surface area contributed by atoms with Gasteiger partial charge in [-0.1, -0.05) is 6.07 Å². The summed E-state index contributed by atoms with van der Waals surface area (Å²) < 4.78 is 10.8. The molecular weight excluding hydrogens is 382 g/mol. The number of rotatable bonds is 7. The Labute approximate surface area is 179 Å². The van der Waals surface area contributed by atoms with E-state index >= 15 is 0 Å². The predicted molar refractivity (Wildman–Crippen MR) is 116 cm³/mol. The molecule has 30 heavy (non-hydrogen) atoms. The normalized spacial score (nSPS) is 20.3. The van der Waals surface area contributed by atoms with Gasteiger partial charge in [-0.15, -0.1) is 0 Å². The fraction of sp³-hybridized carbons (Fsp3) is 0.652. The third-order valence-electron chi connectivity index (χ3n) is 6.33. The molecule has 2 saturated heterocycles. The topological polar surface area (TPSA) is 62.3 Å². The summed E-state index contributed by atoms with van der Waals surface area (Å²) in [5.41, 5.74) is 0.634. The molecule has 7 heteroatoms. The van der Waals surface area contributed by atoms with Crippen molar-refractivity contribution in [3.05, 3.63) is 29.8 Å². The van der Waals surface area contributed by atoms with E-state index in [0.717, 1.165) is 58.5 Å². The van der Waals surface area contributed by atoms with Crippen LogP contribution in [0.2, 0.25) is 0 Å². The van der Waals surface area contributed by atoms with Crippen molar-refractivity contribution < 1.29 is 19.1 Å². The van der Waals surface area contributed by atoms with E-state index in [-0.39, 0.29) is 11.8 Å². The summed E-state index contributed by atoms with van der Waals surface area (Å²) in [5.74, 6) is 0.830. The number of ether oxygens (including phenoxy) is 2. The number of piperidine rings is 1. The summed E-state index contributed by atoms with van der Waals surface area (Å²) in [5, 5.41) is 0. The summed E-state index contributed by atoms with van der Waals surface area (Å²) in [6.07, 6.45) is 4.13. The van der Waals surface area contributed by atoms with Crippen molar-refractivity contribution in [1.82, 2.24) is 14.7 Å². The summed E-state index contributed by atoms with van der Waals surface area (Å²) in [6, 6.07) is 8.06. The van der Waals surface area contributed by atoms with E-state index in [2.05, 4.69) is 4.90 Å². The molecule has 7 nitrogen and oxygen atoms in total. The number of hydrogen-bond donors (Lipinski definition) is 0. The van der Waals surface area contributed by atoms with Crippen LogP contribution in [0.15, 0.2) is 24.3 Å². The average molecular weight is 418 g/mol. The van der Waals surface area contributed by atoms with Crippen LogP contribution >= 0.6 is 0 Å². The Bertz CT molecular complexity index is 720. The van der Waals surface area contributed by atoms with Crippen molar-refractivity contribution in [3.8, 4) is 5.75 Å². The quantitative estimate of drug-likeness (QED) is 0.681. The van der Waals surface area contributed by atoms with Crippen LogP contribution in [0.1, 0.15) is 43.0 Å². The largest absolute Gasteiger partial charge is 0.497 e. The molecule has 3 rings (SSSR count). The first-order valence-corrected chi connectivity index (χ1v) is 11.0. The Hall–Kier alpha value is -2.12. The number of carbonyl (C=O) groups is 2. The van der Waals surface area contributed by atoms with Crippen LogP contribution in [0.3, 0.4) is 0 Å². The SMILES string of the molecule is COc1cccc(C(=O)N(C)CCN(C2CCOCC2)C2CCCN(C(C)=O)C2)c1. The van der Waals surface area contributed by atoms with E-state index in [9.17, 15) is 9.59 Å². The molecular formula is C23H35N3O4. The Morgan fingerprint density at radius 1 is 1.17 bits per heavy atom. The smallest absolute Gasteiger partial charge is 0.253 e. The lowest BCUT2D eigenvalue weighted by molar-refractivity contribution is -0.131. The highest BCUT2D eigenvalue weighted by Gasteiger charge is 2.32. The van der Waals surface area contributed by atoms with Crippen molar-refractivity contribution in [3.63, 3.8) is 0 Å². The maximum absolute atomic E-state index is 12.9. The van der Waals surface area contributed by atoms with Crippen molar-refractivity contribution >= 4 is 11.8 Å². The minimum atomic E-state index is -0.00478. The lowest BCUT2D eigenvalue weighted by Crippen LogP contribution is -2.55. The number of hydrogen-bond acceptors (Lipinski definition) is 5. The molecule has 2 amide bonds. The van der Waals surface area contributed by atoms with E-state index < -0.39 is 0 Å². The highest BCUT2D eigenvalue weighted by Crippen LogP contribution is 2.23. The Balaban J connectivity index is 1.66. The molecule has 2 aliphatic heterocycles. The molecule has 0 aliphatic carbocycles. The second-order valence-electron chi connectivity index (χ2n) is 8.30. The zero-order chi connectivity index (χ0) is 21.5. The van der Waals surface area contributed by atoms with Crippen LogP contribution in [-0.2, 0) is 9.53 Å². The maximum atomic E-state index is 12.9. The van der Waals surface area contributed by atoms with Crippen LogP contribution in [0.4, 0.5) is 0 Å². The Morgan fingerprint density at radius 3 is 2.63 bits per heavy atom. The molecule has 0 saturated carbocycles. The van der Waals surface area contributed by atoms with Crippen LogP contribution in [0, 0.1) is 0 Å². The molecule has 1 atom stereocenters. The van der Waals surface area contributed by atoms with Crippen molar-refractivity contribution in [2.75, 3.05) is 53.6 Å². The lowest BCUT2D eigenvalue weighted by atomic mass is 9.98. The van der Waals surface area contributed by atoms with Gasteiger partial charge in [0.05, 0.1) is 7.11 Å². The van der Waals surface area contributed by atoms with Gasteiger partial charge < -0.3 is 19.3 Å². The third-order valence-corrected chi connectivity index (χ3v) is 6.33. The average Bonchev–Trinajstić information content (AvgIpc) is 2.79. The van der Waals surface area contributed by atoms with E-state index in [1.54, 1.807) is 25.0 Å².